The number of aliphatic hydroxyl groups is 1. The van der Waals surface area contributed by atoms with Crippen molar-refractivity contribution in [1.82, 2.24) is 10.2 Å². The van der Waals surface area contributed by atoms with Gasteiger partial charge in [0.1, 0.15) is 0 Å². The summed E-state index contributed by atoms with van der Waals surface area (Å²) >= 11 is 0. The highest BCUT2D eigenvalue weighted by molar-refractivity contribution is 4.94. The predicted octanol–water partition coefficient (Wildman–Crippen LogP) is 1.63. The Morgan fingerprint density at radius 3 is 2.53 bits per heavy atom. The molecular formula is C14H28N2O. The van der Waals surface area contributed by atoms with Crippen LogP contribution in [-0.2, 0) is 0 Å². The lowest BCUT2D eigenvalue weighted by Gasteiger charge is -2.37. The van der Waals surface area contributed by atoms with Crippen molar-refractivity contribution >= 4 is 0 Å². The molecule has 2 fully saturated rings. The first kappa shape index (κ1) is 14.7. The normalized spacial score (nSPS) is 28.5. The molecule has 1 saturated heterocycles. The van der Waals surface area contributed by atoms with Crippen LogP contribution in [0.3, 0.4) is 0 Å². The minimum Gasteiger partial charge on any atom is -0.396 e. The average Bonchev–Trinajstić information content (AvgIpc) is 3.23. The number of hydrogen-bond donors (Lipinski definition) is 2. The molecule has 3 nitrogen and oxygen atoms in total. The Bertz CT molecular complexity index is 216. The molecule has 0 aromatic heterocycles. The summed E-state index contributed by atoms with van der Waals surface area (Å²) in [6.07, 6.45) is 5.82. The minimum absolute atomic E-state index is 0.316. The number of nitrogens with zero attached hydrogens (tertiary/aromatic N) is 1. The van der Waals surface area contributed by atoms with Gasteiger partial charge in [0.05, 0.1) is 0 Å². The van der Waals surface area contributed by atoms with Crippen LogP contribution in [0.1, 0.15) is 33.1 Å². The van der Waals surface area contributed by atoms with Crippen molar-refractivity contribution in [2.24, 2.45) is 5.92 Å². The van der Waals surface area contributed by atoms with Gasteiger partial charge in [-0.3, -0.25) is 4.90 Å². The van der Waals surface area contributed by atoms with E-state index >= 15 is 0 Å². The lowest BCUT2D eigenvalue weighted by molar-refractivity contribution is 0.114. The Balaban J connectivity index is 0.000000686. The Morgan fingerprint density at radius 2 is 2.00 bits per heavy atom. The summed E-state index contributed by atoms with van der Waals surface area (Å²) in [6.45, 7) is 11.2. The Labute approximate surface area is 106 Å². The minimum atomic E-state index is 0.316. The van der Waals surface area contributed by atoms with Crippen LogP contribution in [0.15, 0.2) is 12.7 Å². The van der Waals surface area contributed by atoms with E-state index in [4.69, 9.17) is 0 Å². The first-order valence-corrected chi connectivity index (χ1v) is 7.03. The van der Waals surface area contributed by atoms with Crippen LogP contribution < -0.4 is 5.32 Å². The molecule has 2 unspecified atom stereocenters. The summed E-state index contributed by atoms with van der Waals surface area (Å²) < 4.78 is 0. The summed E-state index contributed by atoms with van der Waals surface area (Å²) in [7, 11) is 0. The van der Waals surface area contributed by atoms with Gasteiger partial charge in [0.15, 0.2) is 0 Å². The van der Waals surface area contributed by atoms with E-state index in [2.05, 4.69) is 16.8 Å². The summed E-state index contributed by atoms with van der Waals surface area (Å²) in [6, 6.07) is 1.38. The number of aliphatic hydroxyl groups excluding tert-OH is 1. The van der Waals surface area contributed by atoms with Crippen molar-refractivity contribution in [3.63, 3.8) is 0 Å². The smallest absolute Gasteiger partial charge is 0.0472 e. The molecule has 1 aliphatic carbocycles. The van der Waals surface area contributed by atoms with Gasteiger partial charge < -0.3 is 10.4 Å². The maximum atomic E-state index is 9.20. The molecule has 1 heterocycles. The molecule has 0 aromatic rings. The van der Waals surface area contributed by atoms with Crippen LogP contribution in [0, 0.1) is 5.92 Å². The lowest BCUT2D eigenvalue weighted by atomic mass is 9.95. The van der Waals surface area contributed by atoms with E-state index in [1.807, 2.05) is 19.9 Å². The van der Waals surface area contributed by atoms with E-state index in [0.29, 0.717) is 18.6 Å². The molecule has 2 aliphatic rings. The molecule has 0 amide bonds. The molecule has 1 aliphatic heterocycles. The molecule has 2 N–H and O–H groups in total. The van der Waals surface area contributed by atoms with E-state index in [-0.39, 0.29) is 0 Å². The van der Waals surface area contributed by atoms with Crippen LogP contribution in [0.4, 0.5) is 0 Å². The number of rotatable bonds is 5. The standard InChI is InChI=1S/C12H22N2O.C2H6/c1-2-5-14(11-3-4-11)12-6-10(9-15)7-13-8-12;1-2/h2,10-13,15H,1,3-9H2;1-2H3. The zero-order valence-corrected chi connectivity index (χ0v) is 11.4. The van der Waals surface area contributed by atoms with Crippen LogP contribution in [-0.4, -0.2) is 48.3 Å². The molecule has 100 valence electrons. The lowest BCUT2D eigenvalue weighted by Crippen LogP contribution is -2.50. The monoisotopic (exact) mass is 240 g/mol. The number of hydrogen-bond acceptors (Lipinski definition) is 3. The van der Waals surface area contributed by atoms with Crippen LogP contribution >= 0.6 is 0 Å². The van der Waals surface area contributed by atoms with Crippen LogP contribution in [0.5, 0.6) is 0 Å². The molecule has 0 spiro atoms. The molecule has 3 heteroatoms. The summed E-state index contributed by atoms with van der Waals surface area (Å²) in [5, 5.41) is 12.6. The van der Waals surface area contributed by atoms with E-state index in [1.54, 1.807) is 0 Å². The second-order valence-corrected chi connectivity index (χ2v) is 4.81. The third-order valence-electron chi connectivity index (χ3n) is 3.50. The fourth-order valence-electron chi connectivity index (χ4n) is 2.55. The second kappa shape index (κ2) is 7.85. The SMILES string of the molecule is C=CCN(C1CC1)C1CNCC(CO)C1.CC. The fraction of sp³-hybridized carbons (Fsp3) is 0.857. The number of nitrogens with one attached hydrogen (secondary N) is 1. The van der Waals surface area contributed by atoms with Crippen LogP contribution in [0.25, 0.3) is 0 Å². The molecule has 17 heavy (non-hydrogen) atoms. The Kier molecular flexibility index (Phi) is 6.78. The molecule has 1 saturated carbocycles. The van der Waals surface area contributed by atoms with Gasteiger partial charge in [-0.1, -0.05) is 19.9 Å². The van der Waals surface area contributed by atoms with Crippen molar-refractivity contribution in [2.75, 3.05) is 26.2 Å². The van der Waals surface area contributed by atoms with Gasteiger partial charge in [-0.25, -0.2) is 0 Å². The van der Waals surface area contributed by atoms with Crippen molar-refractivity contribution in [3.05, 3.63) is 12.7 Å². The predicted molar refractivity (Wildman–Crippen MR) is 73.1 cm³/mol. The Morgan fingerprint density at radius 1 is 1.29 bits per heavy atom. The van der Waals surface area contributed by atoms with Gasteiger partial charge in [-0.15, -0.1) is 6.58 Å². The van der Waals surface area contributed by atoms with Crippen molar-refractivity contribution in [3.8, 4) is 0 Å². The van der Waals surface area contributed by atoms with Crippen molar-refractivity contribution < 1.29 is 5.11 Å². The molecular weight excluding hydrogens is 212 g/mol. The highest BCUT2D eigenvalue weighted by Crippen LogP contribution is 2.30. The van der Waals surface area contributed by atoms with Gasteiger partial charge in [-0.2, -0.15) is 0 Å². The highest BCUT2D eigenvalue weighted by Gasteiger charge is 2.35. The van der Waals surface area contributed by atoms with Crippen molar-refractivity contribution in [2.45, 2.75) is 45.2 Å². The van der Waals surface area contributed by atoms with Gasteiger partial charge in [0, 0.05) is 38.3 Å². The van der Waals surface area contributed by atoms with E-state index < -0.39 is 0 Å². The summed E-state index contributed by atoms with van der Waals surface area (Å²) in [5.41, 5.74) is 0. The van der Waals surface area contributed by atoms with Crippen molar-refractivity contribution in [1.29, 1.82) is 0 Å². The van der Waals surface area contributed by atoms with E-state index in [1.165, 1.54) is 12.8 Å². The van der Waals surface area contributed by atoms with Gasteiger partial charge in [0.25, 0.3) is 0 Å². The van der Waals surface area contributed by atoms with Gasteiger partial charge in [-0.05, 0) is 25.2 Å². The van der Waals surface area contributed by atoms with E-state index in [0.717, 1.165) is 32.1 Å². The average molecular weight is 240 g/mol. The molecule has 0 bridgehead atoms. The summed E-state index contributed by atoms with van der Waals surface area (Å²) in [5.74, 6) is 0.440. The Hall–Kier alpha value is -0.380. The maximum Gasteiger partial charge on any atom is 0.0472 e. The molecule has 0 radical (unpaired) electrons. The third kappa shape index (κ3) is 4.41. The van der Waals surface area contributed by atoms with Gasteiger partial charge in [0.2, 0.25) is 0 Å². The zero-order valence-electron chi connectivity index (χ0n) is 11.4. The summed E-state index contributed by atoms with van der Waals surface area (Å²) in [4.78, 5) is 2.56. The zero-order chi connectivity index (χ0) is 12.7. The largest absolute Gasteiger partial charge is 0.396 e. The fourth-order valence-corrected chi connectivity index (χ4v) is 2.55. The quantitative estimate of drug-likeness (QED) is 0.717. The second-order valence-electron chi connectivity index (χ2n) is 4.81. The maximum absolute atomic E-state index is 9.20. The topological polar surface area (TPSA) is 35.5 Å². The first-order valence-electron chi connectivity index (χ1n) is 7.03. The highest BCUT2D eigenvalue weighted by atomic mass is 16.3. The molecule has 2 rings (SSSR count). The molecule has 2 atom stereocenters. The first-order chi connectivity index (χ1) is 8.35. The van der Waals surface area contributed by atoms with Gasteiger partial charge >= 0.3 is 0 Å². The third-order valence-corrected chi connectivity index (χ3v) is 3.50. The molecule has 0 aromatic carbocycles. The number of piperidine rings is 1. The van der Waals surface area contributed by atoms with Crippen LogP contribution in [0.2, 0.25) is 0 Å². The van der Waals surface area contributed by atoms with E-state index in [9.17, 15) is 5.11 Å².